The van der Waals surface area contributed by atoms with Gasteiger partial charge in [0.25, 0.3) is 0 Å². The fraction of sp³-hybridized carbons (Fsp3) is 0.571. The summed E-state index contributed by atoms with van der Waals surface area (Å²) < 4.78 is 26.4. The molecule has 0 aliphatic rings. The molecule has 1 aromatic rings. The van der Waals surface area contributed by atoms with E-state index >= 15 is 0 Å². The van der Waals surface area contributed by atoms with Crippen molar-refractivity contribution in [1.82, 2.24) is 5.32 Å². The Bertz CT molecular complexity index is 393. The highest BCUT2D eigenvalue weighted by Gasteiger charge is 2.17. The van der Waals surface area contributed by atoms with Crippen molar-refractivity contribution in [3.05, 3.63) is 35.4 Å². The maximum atomic E-state index is 13.4. The third-order valence-corrected chi connectivity index (χ3v) is 3.22. The van der Waals surface area contributed by atoms with Gasteiger partial charge in [0, 0.05) is 18.7 Å². The molecule has 0 saturated heterocycles. The van der Waals surface area contributed by atoms with Crippen LogP contribution < -0.4 is 5.32 Å². The molecule has 0 heterocycles. The number of nitrogens with one attached hydrogen (secondary N) is 1. The molecule has 1 rings (SSSR count). The Labute approximate surface area is 107 Å². The maximum absolute atomic E-state index is 13.4. The molecule has 1 unspecified atom stereocenters. The van der Waals surface area contributed by atoms with Crippen molar-refractivity contribution in [2.24, 2.45) is 5.41 Å². The van der Waals surface area contributed by atoms with Gasteiger partial charge in [-0.25, -0.2) is 8.78 Å². The molecule has 0 radical (unpaired) electrons. The molecule has 102 valence electrons. The minimum atomic E-state index is -1.03. The predicted molar refractivity (Wildman–Crippen MR) is 68.3 cm³/mol. The number of halogens is 2. The van der Waals surface area contributed by atoms with Gasteiger partial charge in [-0.2, -0.15) is 0 Å². The molecule has 0 aromatic heterocycles. The molecule has 1 atom stereocenters. The second-order valence-electron chi connectivity index (χ2n) is 5.33. The summed E-state index contributed by atoms with van der Waals surface area (Å²) in [5.41, 5.74) is 0.122. The van der Waals surface area contributed by atoms with Gasteiger partial charge in [-0.15, -0.1) is 0 Å². The van der Waals surface area contributed by atoms with Gasteiger partial charge in [0.1, 0.15) is 11.6 Å². The Balaban J connectivity index is 2.55. The lowest BCUT2D eigenvalue weighted by molar-refractivity contribution is 0.163. The van der Waals surface area contributed by atoms with E-state index < -0.39 is 17.7 Å². The summed E-state index contributed by atoms with van der Waals surface area (Å²) in [6.07, 6.45) is -0.0295. The van der Waals surface area contributed by atoms with Crippen LogP contribution in [0, 0.1) is 17.0 Å². The Hall–Kier alpha value is -1.00. The Morgan fingerprint density at radius 1 is 1.33 bits per heavy atom. The van der Waals surface area contributed by atoms with E-state index in [1.165, 1.54) is 0 Å². The van der Waals surface area contributed by atoms with Gasteiger partial charge >= 0.3 is 0 Å². The molecule has 0 bridgehead atoms. The highest BCUT2D eigenvalue weighted by Crippen LogP contribution is 2.20. The topological polar surface area (TPSA) is 32.3 Å². The van der Waals surface area contributed by atoms with E-state index in [-0.39, 0.29) is 17.5 Å². The summed E-state index contributed by atoms with van der Waals surface area (Å²) in [5.74, 6) is -1.13. The predicted octanol–water partition coefficient (Wildman–Crippen LogP) is 3.02. The monoisotopic (exact) mass is 257 g/mol. The van der Waals surface area contributed by atoms with Crippen molar-refractivity contribution in [1.29, 1.82) is 0 Å². The normalized spacial score (nSPS) is 13.7. The minimum Gasteiger partial charge on any atom is -0.387 e. The average molecular weight is 257 g/mol. The van der Waals surface area contributed by atoms with Crippen LogP contribution in [0.15, 0.2) is 18.2 Å². The lowest BCUT2D eigenvalue weighted by atomic mass is 9.90. The van der Waals surface area contributed by atoms with Gasteiger partial charge in [-0.3, -0.25) is 0 Å². The first kappa shape index (κ1) is 15.1. The lowest BCUT2D eigenvalue weighted by Crippen LogP contribution is -2.32. The second-order valence-corrected chi connectivity index (χ2v) is 5.33. The van der Waals surface area contributed by atoms with E-state index in [4.69, 9.17) is 0 Å². The van der Waals surface area contributed by atoms with E-state index in [9.17, 15) is 13.9 Å². The lowest BCUT2D eigenvalue weighted by Gasteiger charge is -2.24. The van der Waals surface area contributed by atoms with Gasteiger partial charge in [0.15, 0.2) is 0 Å². The first-order valence-corrected chi connectivity index (χ1v) is 6.19. The first-order chi connectivity index (χ1) is 8.35. The van der Waals surface area contributed by atoms with Crippen LogP contribution in [0.2, 0.25) is 0 Å². The van der Waals surface area contributed by atoms with Gasteiger partial charge in [0.05, 0.1) is 6.10 Å². The van der Waals surface area contributed by atoms with Crippen molar-refractivity contribution in [3.63, 3.8) is 0 Å². The minimum absolute atomic E-state index is 0.00296. The van der Waals surface area contributed by atoms with Gasteiger partial charge in [-0.1, -0.05) is 20.8 Å². The highest BCUT2D eigenvalue weighted by molar-refractivity contribution is 5.21. The molecular weight excluding hydrogens is 236 g/mol. The molecule has 0 fully saturated rings. The van der Waals surface area contributed by atoms with Crippen LogP contribution in [-0.4, -0.2) is 18.2 Å². The quantitative estimate of drug-likeness (QED) is 0.821. The van der Waals surface area contributed by atoms with Crippen LogP contribution in [0.25, 0.3) is 0 Å². The SMILES string of the molecule is CCC(C)(C)CNCC(O)c1cc(F)ccc1F. The number of hydrogen-bond donors (Lipinski definition) is 2. The smallest absolute Gasteiger partial charge is 0.129 e. The molecule has 1 aromatic carbocycles. The molecule has 2 nitrogen and oxygen atoms in total. The van der Waals surface area contributed by atoms with Crippen LogP contribution in [0.1, 0.15) is 38.9 Å². The van der Waals surface area contributed by atoms with Crippen molar-refractivity contribution in [2.75, 3.05) is 13.1 Å². The molecule has 18 heavy (non-hydrogen) atoms. The fourth-order valence-electron chi connectivity index (χ4n) is 1.55. The molecule has 2 N–H and O–H groups in total. The van der Waals surface area contributed by atoms with Crippen molar-refractivity contribution < 1.29 is 13.9 Å². The summed E-state index contributed by atoms with van der Waals surface area (Å²) in [7, 11) is 0. The molecule has 0 aliphatic heterocycles. The highest BCUT2D eigenvalue weighted by atomic mass is 19.1. The summed E-state index contributed by atoms with van der Waals surface area (Å²) in [5, 5.41) is 12.9. The van der Waals surface area contributed by atoms with E-state index in [0.717, 1.165) is 31.2 Å². The molecule has 0 spiro atoms. The molecule has 0 aliphatic carbocycles. The molecular formula is C14H21F2NO. The van der Waals surface area contributed by atoms with Crippen LogP contribution >= 0.6 is 0 Å². The third-order valence-electron chi connectivity index (χ3n) is 3.22. The standard InChI is InChI=1S/C14H21F2NO/c1-4-14(2,3)9-17-8-13(18)11-7-10(15)5-6-12(11)16/h5-7,13,17-18H,4,8-9H2,1-3H3. The van der Waals surface area contributed by atoms with E-state index in [2.05, 4.69) is 26.1 Å². The summed E-state index contributed by atoms with van der Waals surface area (Å²) in [4.78, 5) is 0. The Kier molecular flexibility index (Phi) is 5.23. The second kappa shape index (κ2) is 6.25. The van der Waals surface area contributed by atoms with Crippen molar-refractivity contribution in [2.45, 2.75) is 33.3 Å². The van der Waals surface area contributed by atoms with Crippen LogP contribution in [-0.2, 0) is 0 Å². The largest absolute Gasteiger partial charge is 0.387 e. The fourth-order valence-corrected chi connectivity index (χ4v) is 1.55. The average Bonchev–Trinajstić information content (AvgIpc) is 2.32. The summed E-state index contributed by atoms with van der Waals surface area (Å²) >= 11 is 0. The molecule has 0 amide bonds. The zero-order valence-corrected chi connectivity index (χ0v) is 11.1. The van der Waals surface area contributed by atoms with Crippen LogP contribution in [0.3, 0.4) is 0 Å². The Morgan fingerprint density at radius 2 is 2.00 bits per heavy atom. The van der Waals surface area contributed by atoms with Crippen molar-refractivity contribution >= 4 is 0 Å². The number of aliphatic hydroxyl groups is 1. The maximum Gasteiger partial charge on any atom is 0.129 e. The Morgan fingerprint density at radius 3 is 2.61 bits per heavy atom. The summed E-state index contributed by atoms with van der Waals surface area (Å²) in [6.45, 7) is 7.23. The first-order valence-electron chi connectivity index (χ1n) is 6.19. The molecule has 0 saturated carbocycles. The van der Waals surface area contributed by atoms with E-state index in [1.807, 2.05) is 0 Å². The number of benzene rings is 1. The van der Waals surface area contributed by atoms with Crippen molar-refractivity contribution in [3.8, 4) is 0 Å². The number of hydrogen-bond acceptors (Lipinski definition) is 2. The van der Waals surface area contributed by atoms with Gasteiger partial charge in [0.2, 0.25) is 0 Å². The molecule has 4 heteroatoms. The number of aliphatic hydroxyl groups excluding tert-OH is 1. The third kappa shape index (κ3) is 4.35. The van der Waals surface area contributed by atoms with E-state index in [0.29, 0.717) is 0 Å². The zero-order valence-electron chi connectivity index (χ0n) is 11.1. The van der Waals surface area contributed by atoms with E-state index in [1.54, 1.807) is 0 Å². The van der Waals surface area contributed by atoms with Crippen LogP contribution in [0.5, 0.6) is 0 Å². The van der Waals surface area contributed by atoms with Gasteiger partial charge < -0.3 is 10.4 Å². The van der Waals surface area contributed by atoms with Gasteiger partial charge in [-0.05, 0) is 30.0 Å². The summed E-state index contributed by atoms with van der Waals surface area (Å²) in [6, 6.07) is 3.11. The number of rotatable bonds is 6. The van der Waals surface area contributed by atoms with Crippen LogP contribution in [0.4, 0.5) is 8.78 Å². The zero-order chi connectivity index (χ0) is 13.8.